The first kappa shape index (κ1) is 23.5. The quantitative estimate of drug-likeness (QED) is 0.572. The number of ether oxygens (including phenoxy) is 2. The Bertz CT molecular complexity index is 1190. The number of amides is 1. The molecule has 3 heterocycles. The van der Waals surface area contributed by atoms with Crippen LogP contribution < -0.4 is 10.3 Å². The van der Waals surface area contributed by atoms with Crippen LogP contribution in [-0.4, -0.2) is 50.6 Å². The molecule has 1 aliphatic heterocycles. The van der Waals surface area contributed by atoms with Gasteiger partial charge >= 0.3 is 6.09 Å². The summed E-state index contributed by atoms with van der Waals surface area (Å²) in [5, 5.41) is 4.45. The van der Waals surface area contributed by atoms with Gasteiger partial charge in [0.1, 0.15) is 17.5 Å². The summed E-state index contributed by atoms with van der Waals surface area (Å²) >= 11 is 0. The summed E-state index contributed by atoms with van der Waals surface area (Å²) in [5.74, 6) is 1.25. The van der Waals surface area contributed by atoms with Gasteiger partial charge in [-0.25, -0.2) is 9.78 Å². The third-order valence-corrected chi connectivity index (χ3v) is 5.54. The maximum absolute atomic E-state index is 12.6. The number of aromatic nitrogens is 3. The van der Waals surface area contributed by atoms with E-state index in [1.807, 2.05) is 58.0 Å². The minimum Gasteiger partial charge on any atom is -0.490 e. The summed E-state index contributed by atoms with van der Waals surface area (Å²) in [4.78, 5) is 30.8. The zero-order valence-corrected chi connectivity index (χ0v) is 20.0. The molecule has 0 radical (unpaired) electrons. The van der Waals surface area contributed by atoms with E-state index in [-0.39, 0.29) is 17.8 Å². The van der Waals surface area contributed by atoms with Crippen molar-refractivity contribution >= 4 is 6.09 Å². The summed E-state index contributed by atoms with van der Waals surface area (Å²) in [5.41, 5.74) is 1.66. The fourth-order valence-electron chi connectivity index (χ4n) is 3.87. The number of hydrogen-bond acceptors (Lipinski definition) is 6. The number of pyridine rings is 1. The average Bonchev–Trinajstić information content (AvgIpc) is 2.81. The van der Waals surface area contributed by atoms with Crippen molar-refractivity contribution in [1.29, 1.82) is 0 Å². The van der Waals surface area contributed by atoms with Gasteiger partial charge in [0.2, 0.25) is 0 Å². The van der Waals surface area contributed by atoms with Crippen LogP contribution in [-0.2, 0) is 4.74 Å². The number of carbonyl (C=O) groups excluding carboxylic acids is 1. The molecule has 8 nitrogen and oxygen atoms in total. The van der Waals surface area contributed by atoms with Gasteiger partial charge in [0.25, 0.3) is 5.56 Å². The van der Waals surface area contributed by atoms with Crippen molar-refractivity contribution in [2.75, 3.05) is 13.1 Å². The second-order valence-corrected chi connectivity index (χ2v) is 9.39. The lowest BCUT2D eigenvalue weighted by Crippen LogP contribution is -2.44. The number of likely N-dealkylation sites (tertiary alicyclic amines) is 1. The minimum atomic E-state index is -0.496. The van der Waals surface area contributed by atoms with Gasteiger partial charge in [-0.3, -0.25) is 4.79 Å². The van der Waals surface area contributed by atoms with E-state index < -0.39 is 5.60 Å². The maximum Gasteiger partial charge on any atom is 0.410 e. The molecule has 1 aliphatic rings. The zero-order chi connectivity index (χ0) is 24.3. The van der Waals surface area contributed by atoms with Crippen LogP contribution >= 0.6 is 0 Å². The standard InChI is InChI=1S/C26H30N4O4/c1-18-22(17-24(31)30(28-18)23-7-5-6-14-27-23)19-8-10-20(11-9-19)33-21-12-15-29(16-13-21)25(32)34-26(2,3)4/h5-11,14,17,21H,12-13,15-16H2,1-4H3. The Labute approximate surface area is 199 Å². The van der Waals surface area contributed by atoms with E-state index in [1.54, 1.807) is 29.3 Å². The molecule has 1 amide bonds. The Morgan fingerprint density at radius 3 is 2.38 bits per heavy atom. The van der Waals surface area contributed by atoms with Crippen molar-refractivity contribution in [2.24, 2.45) is 0 Å². The number of aryl methyl sites for hydroxylation is 1. The molecule has 0 N–H and O–H groups in total. The molecule has 1 fully saturated rings. The number of nitrogens with zero attached hydrogens (tertiary/aromatic N) is 4. The monoisotopic (exact) mass is 462 g/mol. The minimum absolute atomic E-state index is 0.0373. The van der Waals surface area contributed by atoms with Gasteiger partial charge < -0.3 is 14.4 Å². The number of rotatable bonds is 4. The van der Waals surface area contributed by atoms with E-state index in [0.717, 1.165) is 35.4 Å². The smallest absolute Gasteiger partial charge is 0.410 e. The molecule has 8 heteroatoms. The maximum atomic E-state index is 12.6. The van der Waals surface area contributed by atoms with Crippen LogP contribution in [0.3, 0.4) is 0 Å². The van der Waals surface area contributed by atoms with E-state index in [9.17, 15) is 9.59 Å². The van der Waals surface area contributed by atoms with Gasteiger partial charge in [-0.15, -0.1) is 0 Å². The predicted octanol–water partition coefficient (Wildman–Crippen LogP) is 4.38. The largest absolute Gasteiger partial charge is 0.490 e. The lowest BCUT2D eigenvalue weighted by Gasteiger charge is -2.33. The van der Waals surface area contributed by atoms with Crippen molar-refractivity contribution in [1.82, 2.24) is 19.7 Å². The average molecular weight is 463 g/mol. The molecule has 0 atom stereocenters. The SMILES string of the molecule is Cc1nn(-c2ccccn2)c(=O)cc1-c1ccc(OC2CCN(C(=O)OC(C)(C)C)CC2)cc1. The number of benzene rings is 1. The number of carbonyl (C=O) groups is 1. The first-order valence-electron chi connectivity index (χ1n) is 11.5. The molecule has 0 saturated carbocycles. The zero-order valence-electron chi connectivity index (χ0n) is 20.0. The predicted molar refractivity (Wildman–Crippen MR) is 129 cm³/mol. The normalized spacial score (nSPS) is 14.6. The summed E-state index contributed by atoms with van der Waals surface area (Å²) in [6, 6.07) is 14.6. The molecule has 34 heavy (non-hydrogen) atoms. The molecule has 0 unspecified atom stereocenters. The van der Waals surface area contributed by atoms with Crippen LogP contribution in [0, 0.1) is 6.92 Å². The van der Waals surface area contributed by atoms with Gasteiger partial charge in [0.05, 0.1) is 5.69 Å². The molecular formula is C26H30N4O4. The van der Waals surface area contributed by atoms with Gasteiger partial charge in [-0.05, 0) is 57.5 Å². The second-order valence-electron chi connectivity index (χ2n) is 9.39. The highest BCUT2D eigenvalue weighted by molar-refractivity contribution is 5.68. The second kappa shape index (κ2) is 9.67. The Hall–Kier alpha value is -3.68. The third-order valence-electron chi connectivity index (χ3n) is 5.54. The fraction of sp³-hybridized carbons (Fsp3) is 0.385. The summed E-state index contributed by atoms with van der Waals surface area (Å²) in [6.07, 6.45) is 2.89. The Morgan fingerprint density at radius 2 is 1.76 bits per heavy atom. The van der Waals surface area contributed by atoms with E-state index in [1.165, 1.54) is 4.68 Å². The molecule has 2 aromatic heterocycles. The van der Waals surface area contributed by atoms with Crippen LogP contribution in [0.25, 0.3) is 16.9 Å². The van der Waals surface area contributed by atoms with Crippen molar-refractivity contribution in [2.45, 2.75) is 52.2 Å². The number of piperidine rings is 1. The van der Waals surface area contributed by atoms with Crippen molar-refractivity contribution in [3.05, 3.63) is 70.8 Å². The van der Waals surface area contributed by atoms with E-state index in [2.05, 4.69) is 10.1 Å². The lowest BCUT2D eigenvalue weighted by atomic mass is 10.0. The molecule has 0 aliphatic carbocycles. The molecule has 1 aromatic carbocycles. The lowest BCUT2D eigenvalue weighted by molar-refractivity contribution is 0.0126. The molecule has 4 rings (SSSR count). The van der Waals surface area contributed by atoms with Gasteiger partial charge in [0.15, 0.2) is 5.82 Å². The molecule has 3 aromatic rings. The van der Waals surface area contributed by atoms with Crippen molar-refractivity contribution < 1.29 is 14.3 Å². The molecule has 1 saturated heterocycles. The third kappa shape index (κ3) is 5.62. The topological polar surface area (TPSA) is 86.6 Å². The Morgan fingerprint density at radius 1 is 1.06 bits per heavy atom. The van der Waals surface area contributed by atoms with Gasteiger partial charge in [-0.1, -0.05) is 18.2 Å². The highest BCUT2D eigenvalue weighted by Gasteiger charge is 2.27. The molecule has 0 spiro atoms. The summed E-state index contributed by atoms with van der Waals surface area (Å²) in [6.45, 7) is 8.69. The fourth-order valence-corrected chi connectivity index (χ4v) is 3.87. The van der Waals surface area contributed by atoms with Crippen LogP contribution in [0.2, 0.25) is 0 Å². The first-order valence-corrected chi connectivity index (χ1v) is 11.5. The van der Waals surface area contributed by atoms with Gasteiger partial charge in [0, 0.05) is 43.8 Å². The number of hydrogen-bond donors (Lipinski definition) is 0. The summed E-state index contributed by atoms with van der Waals surface area (Å²) in [7, 11) is 0. The van der Waals surface area contributed by atoms with Gasteiger partial charge in [-0.2, -0.15) is 9.78 Å². The van der Waals surface area contributed by atoms with E-state index in [4.69, 9.17) is 9.47 Å². The summed E-state index contributed by atoms with van der Waals surface area (Å²) < 4.78 is 12.9. The Balaban J connectivity index is 1.39. The molecule has 178 valence electrons. The van der Waals surface area contributed by atoms with Crippen LogP contribution in [0.5, 0.6) is 5.75 Å². The van der Waals surface area contributed by atoms with Crippen molar-refractivity contribution in [3.63, 3.8) is 0 Å². The molecular weight excluding hydrogens is 432 g/mol. The Kier molecular flexibility index (Phi) is 6.68. The first-order chi connectivity index (χ1) is 16.2. The van der Waals surface area contributed by atoms with E-state index in [0.29, 0.717) is 18.9 Å². The highest BCUT2D eigenvalue weighted by atomic mass is 16.6. The van der Waals surface area contributed by atoms with Crippen LogP contribution in [0.15, 0.2) is 59.5 Å². The highest BCUT2D eigenvalue weighted by Crippen LogP contribution is 2.26. The van der Waals surface area contributed by atoms with Crippen molar-refractivity contribution in [3.8, 4) is 22.7 Å². The van der Waals surface area contributed by atoms with E-state index >= 15 is 0 Å². The molecule has 0 bridgehead atoms. The van der Waals surface area contributed by atoms with Crippen LogP contribution in [0.1, 0.15) is 39.3 Å². The van der Waals surface area contributed by atoms with Crippen LogP contribution in [0.4, 0.5) is 4.79 Å².